The van der Waals surface area contributed by atoms with Crippen LogP contribution in [0.15, 0.2) is 97.1 Å². The maximum Gasteiger partial charge on any atom is 0.426 e. The van der Waals surface area contributed by atoms with Crippen LogP contribution in [0.5, 0.6) is 5.75 Å². The Morgan fingerprint density at radius 2 is 1.15 bits per heavy atom. The monoisotopic (exact) mass is 910 g/mol. The number of aryl methyl sites for hydroxylation is 1. The molecule has 5 aliphatic heterocycles. The fourth-order valence-electron chi connectivity index (χ4n) is 9.13. The van der Waals surface area contributed by atoms with Crippen LogP contribution < -0.4 is 4.74 Å². The number of carbonyl (C=O) groups is 6. The van der Waals surface area contributed by atoms with Crippen LogP contribution in [0.3, 0.4) is 0 Å². The normalized spacial score (nSPS) is 21.6. The Kier molecular flexibility index (Phi) is 13.1. The number of unbranched alkanes of at least 4 members (excludes halogenated alkanes) is 1. The van der Waals surface area contributed by atoms with E-state index in [0.29, 0.717) is 50.3 Å². The Balaban J connectivity index is 1.27. The number of esters is 6. The minimum absolute atomic E-state index is 0.105. The van der Waals surface area contributed by atoms with Crippen molar-refractivity contribution in [2.45, 2.75) is 82.9 Å². The molecule has 18 heteroatoms. The van der Waals surface area contributed by atoms with Gasteiger partial charge in [0.15, 0.2) is 0 Å². The van der Waals surface area contributed by atoms with Gasteiger partial charge in [0.05, 0.1) is 6.10 Å². The highest BCUT2D eigenvalue weighted by Gasteiger charge is 2.81. The first-order valence-corrected chi connectivity index (χ1v) is 22.0. The molecule has 0 radical (unpaired) electrons. The highest BCUT2D eigenvalue weighted by atomic mass is 19.1. The fraction of sp³-hybridized carbons (Fsp3) is 0.417. The fourth-order valence-corrected chi connectivity index (χ4v) is 9.13. The van der Waals surface area contributed by atoms with E-state index >= 15 is 0 Å². The molecule has 0 amide bonds. The molecule has 5 aliphatic rings. The van der Waals surface area contributed by atoms with Crippen LogP contribution in [0.4, 0.5) is 4.39 Å². The molecule has 3 aromatic carbocycles. The second kappa shape index (κ2) is 18.8. The van der Waals surface area contributed by atoms with Crippen molar-refractivity contribution in [3.63, 3.8) is 0 Å². The molecule has 8 rings (SSSR count). The third-order valence-corrected chi connectivity index (χ3v) is 12.1. The molecule has 0 saturated carbocycles. The summed E-state index contributed by atoms with van der Waals surface area (Å²) < 4.78 is 57.3. The maximum atomic E-state index is 14.5. The number of hydrogen-bond acceptors (Lipinski definition) is 17. The molecule has 0 aromatic heterocycles. The standard InChI is InChI=1S/C48H51FN4O13/c1-31(2)50-25-27-51(28-26-50)38(34-12-15-35(49)16-13-34)29-52-30-46(61-40(54)18-19-41(55)62-46)53(24-8-7-11-37-36-10-6-5-9-33(36)14-17-39(37)60-32(3)4)48(65-44(58)22-23-45(59)66-48)47(52)63-42(56)20-21-43(57)64-47/h5-6,9-10,12-23,31-32,38H,7-8,11,24-30H2,1-4H3. The van der Waals surface area contributed by atoms with Crippen molar-refractivity contribution < 1.29 is 66.3 Å². The summed E-state index contributed by atoms with van der Waals surface area (Å²) in [5.41, 5.74) is 1.45. The van der Waals surface area contributed by atoms with E-state index in [-0.39, 0.29) is 31.7 Å². The van der Waals surface area contributed by atoms with Crippen molar-refractivity contribution >= 4 is 46.6 Å². The lowest BCUT2D eigenvalue weighted by atomic mass is 9.98. The predicted octanol–water partition coefficient (Wildman–Crippen LogP) is 4.40. The van der Waals surface area contributed by atoms with Crippen LogP contribution in [0, 0.1) is 5.82 Å². The number of piperazine rings is 2. The van der Waals surface area contributed by atoms with Gasteiger partial charge >= 0.3 is 53.5 Å². The van der Waals surface area contributed by atoms with Gasteiger partial charge in [-0.15, -0.1) is 4.90 Å². The first kappa shape index (κ1) is 46.1. The molecule has 2 fully saturated rings. The first-order valence-electron chi connectivity index (χ1n) is 22.0. The minimum atomic E-state index is -3.21. The summed E-state index contributed by atoms with van der Waals surface area (Å²) >= 11 is 0. The lowest BCUT2D eigenvalue weighted by Crippen LogP contribution is -2.87. The van der Waals surface area contributed by atoms with Crippen LogP contribution in [0.2, 0.25) is 0 Å². The number of halogens is 1. The summed E-state index contributed by atoms with van der Waals surface area (Å²) in [6.07, 6.45) is 5.48. The Hall–Kier alpha value is -6.47. The number of benzene rings is 3. The van der Waals surface area contributed by atoms with Gasteiger partial charge in [-0.3, -0.25) is 9.80 Å². The summed E-state index contributed by atoms with van der Waals surface area (Å²) in [6.45, 7) is 8.71. The van der Waals surface area contributed by atoms with Crippen LogP contribution in [0.25, 0.3) is 10.8 Å². The third-order valence-electron chi connectivity index (χ3n) is 12.1. The molecule has 1 unspecified atom stereocenters. The first-order chi connectivity index (χ1) is 31.6. The summed E-state index contributed by atoms with van der Waals surface area (Å²) in [6, 6.07) is 16.8. The molecule has 0 aliphatic carbocycles. The van der Waals surface area contributed by atoms with Gasteiger partial charge in [0.25, 0.3) is 0 Å². The van der Waals surface area contributed by atoms with Crippen molar-refractivity contribution in [1.82, 2.24) is 19.6 Å². The number of rotatable bonds is 12. The van der Waals surface area contributed by atoms with Crippen LogP contribution in [0.1, 0.15) is 57.7 Å². The largest absolute Gasteiger partial charge is 0.491 e. The summed E-state index contributed by atoms with van der Waals surface area (Å²) in [5.74, 6) is -15.7. The third kappa shape index (κ3) is 9.18. The number of nitrogens with zero attached hydrogens (tertiary/aromatic N) is 4. The summed E-state index contributed by atoms with van der Waals surface area (Å²) in [4.78, 5) is 89.3. The molecule has 66 heavy (non-hydrogen) atoms. The van der Waals surface area contributed by atoms with Crippen LogP contribution >= 0.6 is 0 Å². The average molecular weight is 911 g/mol. The topological polar surface area (TPSA) is 180 Å². The van der Waals surface area contributed by atoms with Gasteiger partial charge in [-0.2, -0.15) is 0 Å². The van der Waals surface area contributed by atoms with Crippen molar-refractivity contribution in [1.29, 1.82) is 0 Å². The van der Waals surface area contributed by atoms with Gasteiger partial charge < -0.3 is 33.2 Å². The van der Waals surface area contributed by atoms with Gasteiger partial charge in [0.1, 0.15) is 18.1 Å². The van der Waals surface area contributed by atoms with E-state index in [2.05, 4.69) is 23.6 Å². The van der Waals surface area contributed by atoms with Crippen molar-refractivity contribution in [3.05, 3.63) is 114 Å². The lowest BCUT2D eigenvalue weighted by molar-refractivity contribution is -0.516. The maximum absolute atomic E-state index is 14.5. The Morgan fingerprint density at radius 3 is 1.71 bits per heavy atom. The molecule has 5 heterocycles. The smallest absolute Gasteiger partial charge is 0.426 e. The molecule has 3 spiro atoms. The minimum Gasteiger partial charge on any atom is -0.491 e. The van der Waals surface area contributed by atoms with Crippen molar-refractivity contribution in [3.8, 4) is 5.75 Å². The quantitative estimate of drug-likeness (QED) is 0.142. The predicted molar refractivity (Wildman–Crippen MR) is 231 cm³/mol. The molecule has 17 nitrogen and oxygen atoms in total. The van der Waals surface area contributed by atoms with E-state index in [9.17, 15) is 33.2 Å². The van der Waals surface area contributed by atoms with Gasteiger partial charge in [0, 0.05) is 93.4 Å². The van der Waals surface area contributed by atoms with E-state index in [0.717, 1.165) is 57.7 Å². The van der Waals surface area contributed by atoms with E-state index in [4.69, 9.17) is 33.2 Å². The van der Waals surface area contributed by atoms with E-state index < -0.39 is 72.0 Å². The number of carbonyl (C=O) groups excluding carboxylic acids is 6. The SMILES string of the molecule is CC(C)Oc1ccc2ccccc2c1CCCCN1C2(CN(CC(c3ccc(F)cc3)N3CCN(C(C)C)CC3)C3(OC(=O)C=CC(=O)O3)C13OC(=O)C=CC(=O)O3)OC(=O)C=CC(=O)O2. The van der Waals surface area contributed by atoms with E-state index in [1.165, 1.54) is 17.0 Å². The lowest BCUT2D eigenvalue weighted by Gasteiger charge is -2.60. The molecular formula is C48H51FN4O13. The average Bonchev–Trinajstić information content (AvgIpc) is 3.61. The summed E-state index contributed by atoms with van der Waals surface area (Å²) in [5, 5.41) is 1.91. The Morgan fingerprint density at radius 1 is 0.621 bits per heavy atom. The molecular weight excluding hydrogens is 860 g/mol. The second-order valence-electron chi connectivity index (χ2n) is 17.1. The second-order valence-corrected chi connectivity index (χ2v) is 17.1. The Bertz CT molecular complexity index is 2420. The van der Waals surface area contributed by atoms with E-state index in [1.807, 2.05) is 50.2 Å². The van der Waals surface area contributed by atoms with Crippen molar-refractivity contribution in [2.75, 3.05) is 45.8 Å². The molecule has 0 bridgehead atoms. The summed E-state index contributed by atoms with van der Waals surface area (Å²) in [7, 11) is 0. The van der Waals surface area contributed by atoms with Gasteiger partial charge in [-0.25, -0.2) is 38.1 Å². The highest BCUT2D eigenvalue weighted by Crippen LogP contribution is 2.51. The van der Waals surface area contributed by atoms with Gasteiger partial charge in [-0.1, -0.05) is 42.5 Å². The van der Waals surface area contributed by atoms with Crippen LogP contribution in [-0.2, 0) is 63.6 Å². The zero-order chi connectivity index (χ0) is 46.8. The van der Waals surface area contributed by atoms with Gasteiger partial charge in [0.2, 0.25) is 0 Å². The molecule has 0 N–H and O–H groups in total. The Labute approximate surface area is 380 Å². The number of hydrogen-bond donors (Lipinski definition) is 0. The molecule has 348 valence electrons. The van der Waals surface area contributed by atoms with Gasteiger partial charge in [-0.05, 0) is 81.5 Å². The number of ether oxygens (including phenoxy) is 7. The van der Waals surface area contributed by atoms with E-state index in [1.54, 1.807) is 12.1 Å². The zero-order valence-corrected chi connectivity index (χ0v) is 37.0. The van der Waals surface area contributed by atoms with Crippen molar-refractivity contribution in [2.24, 2.45) is 0 Å². The molecule has 3 aromatic rings. The highest BCUT2D eigenvalue weighted by molar-refractivity contribution is 5.96. The zero-order valence-electron chi connectivity index (χ0n) is 37.0. The number of fused-ring (bicyclic) bond motifs is 2. The molecule has 2 saturated heterocycles. The molecule has 1 atom stereocenters. The van der Waals surface area contributed by atoms with Crippen LogP contribution in [-0.4, -0.2) is 131 Å².